The van der Waals surface area contributed by atoms with Crippen molar-refractivity contribution in [3.05, 3.63) is 53.6 Å². The van der Waals surface area contributed by atoms with Gasteiger partial charge >= 0.3 is 0 Å². The van der Waals surface area contributed by atoms with Gasteiger partial charge in [0.25, 0.3) is 0 Å². The molecule has 1 N–H and O–H groups in total. The number of hydrogen-bond donors (Lipinski definition) is 1. The third-order valence-electron chi connectivity index (χ3n) is 4.52. The second-order valence-corrected chi connectivity index (χ2v) is 7.65. The maximum atomic E-state index is 12.3. The first-order chi connectivity index (χ1) is 14.1. The number of carbonyl (C=O) groups excluding carboxylic acids is 1. The Morgan fingerprint density at radius 3 is 2.72 bits per heavy atom. The van der Waals surface area contributed by atoms with Crippen molar-refractivity contribution in [2.24, 2.45) is 0 Å². The Bertz CT molecular complexity index is 1000. The van der Waals surface area contributed by atoms with Crippen molar-refractivity contribution in [3.8, 4) is 17.2 Å². The number of tetrazole rings is 1. The third-order valence-corrected chi connectivity index (χ3v) is 5.44. The van der Waals surface area contributed by atoms with Gasteiger partial charge in [-0.15, -0.1) is 5.10 Å². The molecule has 1 aliphatic rings. The van der Waals surface area contributed by atoms with Crippen molar-refractivity contribution in [2.45, 2.75) is 25.1 Å². The number of nitrogens with zero attached hydrogens (tertiary/aromatic N) is 4. The summed E-state index contributed by atoms with van der Waals surface area (Å²) in [6, 6.07) is 13.5. The first-order valence-corrected chi connectivity index (χ1v) is 10.2. The Morgan fingerprint density at radius 2 is 1.93 bits per heavy atom. The quantitative estimate of drug-likeness (QED) is 0.623. The number of rotatable bonds is 6. The van der Waals surface area contributed by atoms with Crippen LogP contribution in [0.25, 0.3) is 5.69 Å². The Balaban J connectivity index is 1.32. The molecule has 1 atom stereocenters. The van der Waals surface area contributed by atoms with Gasteiger partial charge in [-0.05, 0) is 47.5 Å². The number of para-hydroxylation sites is 3. The lowest BCUT2D eigenvalue weighted by atomic mass is 10.1. The van der Waals surface area contributed by atoms with Crippen LogP contribution in [0, 0.1) is 13.8 Å². The number of amides is 1. The van der Waals surface area contributed by atoms with Crippen LogP contribution in [0.2, 0.25) is 0 Å². The van der Waals surface area contributed by atoms with Crippen molar-refractivity contribution in [3.63, 3.8) is 0 Å². The van der Waals surface area contributed by atoms with Crippen LogP contribution >= 0.6 is 11.8 Å². The smallest absolute Gasteiger partial charge is 0.230 e. The minimum absolute atomic E-state index is 0.117. The number of aryl methyl sites for hydroxylation is 2. The molecule has 0 saturated heterocycles. The van der Waals surface area contributed by atoms with E-state index in [-0.39, 0.29) is 17.8 Å². The summed E-state index contributed by atoms with van der Waals surface area (Å²) in [7, 11) is 0. The van der Waals surface area contributed by atoms with Gasteiger partial charge in [0.2, 0.25) is 11.1 Å². The molecule has 0 bridgehead atoms. The fourth-order valence-electron chi connectivity index (χ4n) is 3.12. The largest absolute Gasteiger partial charge is 0.486 e. The molecule has 1 aromatic heterocycles. The zero-order valence-electron chi connectivity index (χ0n) is 16.2. The number of carbonyl (C=O) groups is 1. The summed E-state index contributed by atoms with van der Waals surface area (Å²) in [6.45, 7) is 4.79. The van der Waals surface area contributed by atoms with Crippen molar-refractivity contribution in [1.29, 1.82) is 0 Å². The van der Waals surface area contributed by atoms with E-state index >= 15 is 0 Å². The lowest BCUT2D eigenvalue weighted by Crippen LogP contribution is -2.41. The van der Waals surface area contributed by atoms with Crippen LogP contribution in [0.3, 0.4) is 0 Å². The summed E-state index contributed by atoms with van der Waals surface area (Å²) in [5.41, 5.74) is 3.07. The van der Waals surface area contributed by atoms with Crippen molar-refractivity contribution in [1.82, 2.24) is 25.5 Å². The van der Waals surface area contributed by atoms with Gasteiger partial charge in [0.05, 0.1) is 18.0 Å². The molecule has 1 aliphatic heterocycles. The second kappa shape index (κ2) is 8.52. The molecule has 0 aliphatic carbocycles. The number of thioether (sulfide) groups is 1. The van der Waals surface area contributed by atoms with E-state index in [1.807, 2.05) is 56.3 Å². The lowest BCUT2D eigenvalue weighted by Gasteiger charge is -2.26. The van der Waals surface area contributed by atoms with E-state index in [1.54, 1.807) is 4.68 Å². The SMILES string of the molecule is Cc1cccc(C)c1-n1nnnc1SCC(=O)NC[C@H]1COc2ccccc2O1. The number of ether oxygens (including phenoxy) is 2. The van der Waals surface area contributed by atoms with Crippen LogP contribution in [0.15, 0.2) is 47.6 Å². The maximum absolute atomic E-state index is 12.3. The molecule has 3 aromatic rings. The number of fused-ring (bicyclic) bond motifs is 1. The first-order valence-electron chi connectivity index (χ1n) is 9.25. The highest BCUT2D eigenvalue weighted by molar-refractivity contribution is 7.99. The molecule has 0 radical (unpaired) electrons. The summed E-state index contributed by atoms with van der Waals surface area (Å²) in [5, 5.41) is 15.4. The highest BCUT2D eigenvalue weighted by atomic mass is 32.2. The predicted octanol–water partition coefficient (Wildman–Crippen LogP) is 2.33. The van der Waals surface area contributed by atoms with E-state index in [0.29, 0.717) is 24.1 Å². The topological polar surface area (TPSA) is 91.2 Å². The Labute approximate surface area is 172 Å². The Hall–Kier alpha value is -3.07. The van der Waals surface area contributed by atoms with Crippen LogP contribution in [0.5, 0.6) is 11.5 Å². The summed E-state index contributed by atoms with van der Waals surface area (Å²) in [6.07, 6.45) is -0.223. The molecule has 1 amide bonds. The maximum Gasteiger partial charge on any atom is 0.230 e. The van der Waals surface area contributed by atoms with Crippen LogP contribution < -0.4 is 14.8 Å². The number of benzene rings is 2. The summed E-state index contributed by atoms with van der Waals surface area (Å²) >= 11 is 1.29. The van der Waals surface area contributed by atoms with E-state index < -0.39 is 0 Å². The van der Waals surface area contributed by atoms with Crippen molar-refractivity contribution < 1.29 is 14.3 Å². The normalized spacial score (nSPS) is 15.2. The number of hydrogen-bond acceptors (Lipinski definition) is 7. The van der Waals surface area contributed by atoms with Gasteiger partial charge in [0.1, 0.15) is 12.7 Å². The predicted molar refractivity (Wildman–Crippen MR) is 109 cm³/mol. The van der Waals surface area contributed by atoms with Gasteiger partial charge in [-0.25, -0.2) is 0 Å². The average molecular weight is 411 g/mol. The molecule has 0 unspecified atom stereocenters. The molecule has 0 spiro atoms. The molecule has 29 heavy (non-hydrogen) atoms. The van der Waals surface area contributed by atoms with E-state index in [0.717, 1.165) is 22.6 Å². The average Bonchev–Trinajstić information content (AvgIpc) is 3.18. The third kappa shape index (κ3) is 4.34. The lowest BCUT2D eigenvalue weighted by molar-refractivity contribution is -0.119. The molecule has 0 saturated carbocycles. The molecule has 150 valence electrons. The van der Waals surface area contributed by atoms with Crippen LogP contribution in [-0.2, 0) is 4.79 Å². The van der Waals surface area contributed by atoms with E-state index in [1.165, 1.54) is 11.8 Å². The van der Waals surface area contributed by atoms with E-state index in [4.69, 9.17) is 9.47 Å². The molecule has 2 heterocycles. The molecule has 2 aromatic carbocycles. The highest BCUT2D eigenvalue weighted by Crippen LogP contribution is 2.30. The zero-order valence-corrected chi connectivity index (χ0v) is 17.0. The fraction of sp³-hybridized carbons (Fsp3) is 0.300. The van der Waals surface area contributed by atoms with Crippen LogP contribution in [0.4, 0.5) is 0 Å². The number of nitrogens with one attached hydrogen (secondary N) is 1. The van der Waals surface area contributed by atoms with Gasteiger partial charge in [0.15, 0.2) is 11.5 Å². The second-order valence-electron chi connectivity index (χ2n) is 6.70. The molecular weight excluding hydrogens is 390 g/mol. The van der Waals surface area contributed by atoms with Gasteiger partial charge in [-0.2, -0.15) is 4.68 Å². The highest BCUT2D eigenvalue weighted by Gasteiger charge is 2.21. The minimum Gasteiger partial charge on any atom is -0.486 e. The first kappa shape index (κ1) is 19.3. The van der Waals surface area contributed by atoms with Gasteiger partial charge in [-0.1, -0.05) is 42.1 Å². The number of aromatic nitrogens is 4. The van der Waals surface area contributed by atoms with Gasteiger partial charge in [-0.3, -0.25) is 4.79 Å². The van der Waals surface area contributed by atoms with E-state index in [2.05, 4.69) is 20.8 Å². The van der Waals surface area contributed by atoms with Crippen molar-refractivity contribution in [2.75, 3.05) is 18.9 Å². The summed E-state index contributed by atoms with van der Waals surface area (Å²) in [5.74, 6) is 1.51. The monoisotopic (exact) mass is 411 g/mol. The Kier molecular flexibility index (Phi) is 5.66. The summed E-state index contributed by atoms with van der Waals surface area (Å²) in [4.78, 5) is 12.3. The van der Waals surface area contributed by atoms with Gasteiger partial charge in [0, 0.05) is 0 Å². The molecule has 8 nitrogen and oxygen atoms in total. The Morgan fingerprint density at radius 1 is 1.17 bits per heavy atom. The molecule has 4 rings (SSSR count). The van der Waals surface area contributed by atoms with Gasteiger partial charge < -0.3 is 14.8 Å². The van der Waals surface area contributed by atoms with Crippen molar-refractivity contribution >= 4 is 17.7 Å². The van der Waals surface area contributed by atoms with Crippen LogP contribution in [0.1, 0.15) is 11.1 Å². The summed E-state index contributed by atoms with van der Waals surface area (Å²) < 4.78 is 13.2. The minimum atomic E-state index is -0.223. The molecule has 0 fully saturated rings. The fourth-order valence-corrected chi connectivity index (χ4v) is 3.83. The van der Waals surface area contributed by atoms with E-state index in [9.17, 15) is 4.79 Å². The van der Waals surface area contributed by atoms with Crippen LogP contribution in [-0.4, -0.2) is 51.1 Å². The molecule has 9 heteroatoms. The standard InChI is InChI=1S/C20H21N5O3S/c1-13-6-5-7-14(2)19(13)25-20(22-23-24-25)29-12-18(26)21-10-15-11-27-16-8-3-4-9-17(16)28-15/h3-9,15H,10-12H2,1-2H3,(H,21,26)/t15-/m0/s1. The zero-order chi connectivity index (χ0) is 20.2. The molecular formula is C20H21N5O3S.